The summed E-state index contributed by atoms with van der Waals surface area (Å²) in [5, 5.41) is 0. The van der Waals surface area contributed by atoms with Gasteiger partial charge in [-0.2, -0.15) is 0 Å². The van der Waals surface area contributed by atoms with Crippen molar-refractivity contribution in [2.75, 3.05) is 19.8 Å². The van der Waals surface area contributed by atoms with E-state index in [1.54, 1.807) is 0 Å². The van der Waals surface area contributed by atoms with E-state index in [1.807, 2.05) is 31.2 Å². The van der Waals surface area contributed by atoms with Crippen molar-refractivity contribution in [3.05, 3.63) is 24.3 Å². The van der Waals surface area contributed by atoms with Crippen LogP contribution in [-0.4, -0.2) is 25.9 Å². The summed E-state index contributed by atoms with van der Waals surface area (Å²) < 4.78 is 16.3. The Hall–Kier alpha value is -2.10. The van der Waals surface area contributed by atoms with Gasteiger partial charge in [-0.25, -0.2) is 0 Å². The summed E-state index contributed by atoms with van der Waals surface area (Å²) in [7, 11) is 0. The molecule has 1 unspecified atom stereocenters. The van der Waals surface area contributed by atoms with Crippen LogP contribution in [0, 0.1) is 24.7 Å². The summed E-state index contributed by atoms with van der Waals surface area (Å²) >= 11 is 0. The fourth-order valence-corrected chi connectivity index (χ4v) is 1.40. The van der Waals surface area contributed by atoms with E-state index in [-0.39, 0.29) is 12.7 Å². The van der Waals surface area contributed by atoms with E-state index >= 15 is 0 Å². The Morgan fingerprint density at radius 3 is 2.11 bits per heavy atom. The van der Waals surface area contributed by atoms with E-state index in [0.717, 1.165) is 17.9 Å². The van der Waals surface area contributed by atoms with Crippen LogP contribution in [0.2, 0.25) is 0 Å². The number of hydrogen-bond donors (Lipinski definition) is 0. The average Bonchev–Trinajstić information content (AvgIpc) is 2.46. The van der Waals surface area contributed by atoms with Gasteiger partial charge in [0.05, 0.1) is 6.10 Å². The number of hydrogen-bond acceptors (Lipinski definition) is 3. The van der Waals surface area contributed by atoms with Crippen molar-refractivity contribution in [3.8, 4) is 36.2 Å². The highest BCUT2D eigenvalue weighted by Gasteiger charge is 2.07. The Bertz CT molecular complexity index is 437. The molecule has 0 fully saturated rings. The maximum Gasteiger partial charge on any atom is 0.148 e. The topological polar surface area (TPSA) is 27.7 Å². The molecular formula is C16H18O3. The number of benzene rings is 1. The molecule has 0 saturated heterocycles. The Morgan fingerprint density at radius 2 is 1.58 bits per heavy atom. The van der Waals surface area contributed by atoms with Gasteiger partial charge in [-0.15, -0.1) is 12.8 Å². The third-order valence-electron chi connectivity index (χ3n) is 2.44. The molecule has 100 valence electrons. The lowest BCUT2D eigenvalue weighted by Gasteiger charge is -2.15. The Balaban J connectivity index is 2.40. The van der Waals surface area contributed by atoms with Gasteiger partial charge in [-0.05, 0) is 30.7 Å². The largest absolute Gasteiger partial charge is 0.491 e. The minimum absolute atomic E-state index is 0.00779. The van der Waals surface area contributed by atoms with Gasteiger partial charge in [0.15, 0.2) is 0 Å². The van der Waals surface area contributed by atoms with Crippen LogP contribution < -0.4 is 9.47 Å². The highest BCUT2D eigenvalue weighted by Crippen LogP contribution is 2.18. The number of terminal acetylenes is 2. The van der Waals surface area contributed by atoms with E-state index in [1.165, 1.54) is 0 Å². The molecule has 0 aliphatic heterocycles. The van der Waals surface area contributed by atoms with E-state index in [2.05, 4.69) is 11.8 Å². The molecule has 19 heavy (non-hydrogen) atoms. The van der Waals surface area contributed by atoms with Gasteiger partial charge in [-0.3, -0.25) is 0 Å². The van der Waals surface area contributed by atoms with Crippen molar-refractivity contribution in [3.63, 3.8) is 0 Å². The average molecular weight is 258 g/mol. The summed E-state index contributed by atoms with van der Waals surface area (Å²) in [5.41, 5.74) is 0. The quantitative estimate of drug-likeness (QED) is 0.671. The summed E-state index contributed by atoms with van der Waals surface area (Å²) in [6.07, 6.45) is 11.1. The zero-order valence-corrected chi connectivity index (χ0v) is 11.1. The van der Waals surface area contributed by atoms with Gasteiger partial charge in [0.2, 0.25) is 0 Å². The van der Waals surface area contributed by atoms with Gasteiger partial charge in [0.25, 0.3) is 0 Å². The minimum atomic E-state index is 0.00779. The molecule has 0 aliphatic carbocycles. The molecule has 0 spiro atoms. The lowest BCUT2D eigenvalue weighted by Crippen LogP contribution is -2.21. The lowest BCUT2D eigenvalue weighted by atomic mass is 10.3. The van der Waals surface area contributed by atoms with Crippen LogP contribution in [0.4, 0.5) is 0 Å². The third-order valence-corrected chi connectivity index (χ3v) is 2.44. The van der Waals surface area contributed by atoms with Crippen molar-refractivity contribution in [2.24, 2.45) is 0 Å². The van der Waals surface area contributed by atoms with Crippen LogP contribution in [-0.2, 0) is 4.74 Å². The maximum absolute atomic E-state index is 5.63. The van der Waals surface area contributed by atoms with Crippen molar-refractivity contribution in [1.82, 2.24) is 0 Å². The van der Waals surface area contributed by atoms with Crippen molar-refractivity contribution < 1.29 is 14.2 Å². The predicted molar refractivity (Wildman–Crippen MR) is 75.1 cm³/mol. The fraction of sp³-hybridized carbons (Fsp3) is 0.375. The van der Waals surface area contributed by atoms with Crippen LogP contribution in [0.5, 0.6) is 11.5 Å². The monoisotopic (exact) mass is 258 g/mol. The van der Waals surface area contributed by atoms with Crippen LogP contribution in [0.25, 0.3) is 0 Å². The number of rotatable bonds is 8. The molecule has 0 heterocycles. The first-order valence-electron chi connectivity index (χ1n) is 6.14. The van der Waals surface area contributed by atoms with E-state index in [9.17, 15) is 0 Å². The Morgan fingerprint density at radius 1 is 1.00 bits per heavy atom. The Kier molecular flexibility index (Phi) is 7.02. The van der Waals surface area contributed by atoms with Crippen LogP contribution in [0.15, 0.2) is 24.3 Å². The minimum Gasteiger partial charge on any atom is -0.491 e. The molecule has 1 rings (SSSR count). The number of ether oxygens (including phenoxy) is 3. The fourth-order valence-electron chi connectivity index (χ4n) is 1.40. The highest BCUT2D eigenvalue weighted by atomic mass is 16.5. The summed E-state index contributed by atoms with van der Waals surface area (Å²) in [4.78, 5) is 0. The second kappa shape index (κ2) is 8.91. The van der Waals surface area contributed by atoms with Crippen LogP contribution >= 0.6 is 0 Å². The molecule has 3 nitrogen and oxygen atoms in total. The maximum atomic E-state index is 5.63. The standard InChI is InChI=1S/C16H18O3/c1-4-11-17-14(6-3)13-19-16-9-7-15(8-10-16)18-12-5-2/h1-2,7-10,14H,6,11-13H2,3H3. The third kappa shape index (κ3) is 5.86. The molecule has 1 aromatic carbocycles. The van der Waals surface area contributed by atoms with E-state index in [0.29, 0.717) is 13.2 Å². The molecule has 0 saturated carbocycles. The molecule has 0 radical (unpaired) electrons. The van der Waals surface area contributed by atoms with Gasteiger partial charge >= 0.3 is 0 Å². The molecule has 0 aliphatic rings. The van der Waals surface area contributed by atoms with Gasteiger partial charge in [-0.1, -0.05) is 18.8 Å². The molecular weight excluding hydrogens is 240 g/mol. The van der Waals surface area contributed by atoms with E-state index < -0.39 is 0 Å². The first-order chi connectivity index (χ1) is 9.30. The molecule has 0 aromatic heterocycles. The summed E-state index contributed by atoms with van der Waals surface area (Å²) in [6.45, 7) is 3.07. The van der Waals surface area contributed by atoms with Gasteiger partial charge in [0.1, 0.15) is 31.3 Å². The second-order valence-electron chi connectivity index (χ2n) is 3.82. The van der Waals surface area contributed by atoms with E-state index in [4.69, 9.17) is 27.1 Å². The molecule has 0 bridgehead atoms. The summed E-state index contributed by atoms with van der Waals surface area (Å²) in [5.74, 6) is 6.34. The highest BCUT2D eigenvalue weighted by molar-refractivity contribution is 5.31. The predicted octanol–water partition coefficient (Wildman–Crippen LogP) is 2.51. The normalized spacial score (nSPS) is 11.1. The molecule has 0 N–H and O–H groups in total. The van der Waals surface area contributed by atoms with Crippen LogP contribution in [0.3, 0.4) is 0 Å². The van der Waals surface area contributed by atoms with Crippen molar-refractivity contribution >= 4 is 0 Å². The first-order valence-corrected chi connectivity index (χ1v) is 6.14. The van der Waals surface area contributed by atoms with Gasteiger partial charge < -0.3 is 14.2 Å². The van der Waals surface area contributed by atoms with Crippen molar-refractivity contribution in [1.29, 1.82) is 0 Å². The first kappa shape index (κ1) is 15.0. The SMILES string of the molecule is C#CCOc1ccc(OCC(CC)OCC#C)cc1. The molecule has 0 amide bonds. The molecule has 3 heteroatoms. The second-order valence-corrected chi connectivity index (χ2v) is 3.82. The summed E-state index contributed by atoms with van der Waals surface area (Å²) in [6, 6.07) is 7.30. The lowest BCUT2D eigenvalue weighted by molar-refractivity contribution is 0.0370. The zero-order chi connectivity index (χ0) is 13.9. The van der Waals surface area contributed by atoms with Crippen molar-refractivity contribution in [2.45, 2.75) is 19.4 Å². The zero-order valence-electron chi connectivity index (χ0n) is 11.1. The Labute approximate surface area is 114 Å². The smallest absolute Gasteiger partial charge is 0.148 e. The van der Waals surface area contributed by atoms with Gasteiger partial charge in [0, 0.05) is 0 Å². The van der Waals surface area contributed by atoms with Crippen LogP contribution in [0.1, 0.15) is 13.3 Å². The molecule has 1 aromatic rings. The molecule has 1 atom stereocenters.